The first-order valence-corrected chi connectivity index (χ1v) is 10.2. The molecule has 3 rings (SSSR count). The summed E-state index contributed by atoms with van der Waals surface area (Å²) in [5.41, 5.74) is 2.75. The Morgan fingerprint density at radius 3 is 2.52 bits per heavy atom. The normalized spacial score (nSPS) is 11.0. The van der Waals surface area contributed by atoms with Gasteiger partial charge in [-0.2, -0.15) is 0 Å². The van der Waals surface area contributed by atoms with Gasteiger partial charge in [0.05, 0.1) is 7.11 Å². The van der Waals surface area contributed by atoms with E-state index < -0.39 is 0 Å². The van der Waals surface area contributed by atoms with Crippen LogP contribution in [0.5, 0.6) is 11.5 Å². The molecular weight excluding hydrogens is 366 g/mol. The number of hydrogen-bond donors (Lipinski definition) is 1. The summed E-state index contributed by atoms with van der Waals surface area (Å²) in [5, 5.41) is 10.8. The molecule has 0 bridgehead atoms. The minimum Gasteiger partial charge on any atom is -0.504 e. The molecule has 1 N–H and O–H groups in total. The number of rotatable bonds is 9. The third-order valence-corrected chi connectivity index (χ3v) is 5.01. The number of fused-ring (bicyclic) bond motifs is 1. The fourth-order valence-corrected chi connectivity index (χ4v) is 3.53. The SMILES string of the molecule is CCCN(CCC)C(=O)CCc1ccc2oc(-c3ccc(O)c(OC)c3)cc2c1. The highest BCUT2D eigenvalue weighted by atomic mass is 16.5. The molecule has 0 saturated carbocycles. The Kier molecular flexibility index (Phi) is 6.81. The quantitative estimate of drug-likeness (QED) is 0.527. The lowest BCUT2D eigenvalue weighted by Crippen LogP contribution is -2.32. The van der Waals surface area contributed by atoms with Crippen LogP contribution in [0.1, 0.15) is 38.7 Å². The summed E-state index contributed by atoms with van der Waals surface area (Å²) in [6, 6.07) is 13.2. The summed E-state index contributed by atoms with van der Waals surface area (Å²) in [7, 11) is 1.52. The van der Waals surface area contributed by atoms with E-state index in [0.29, 0.717) is 24.4 Å². The molecule has 0 spiro atoms. The second-order valence-corrected chi connectivity index (χ2v) is 7.25. The molecule has 0 unspecified atom stereocenters. The summed E-state index contributed by atoms with van der Waals surface area (Å²) in [6.45, 7) is 5.86. The molecule has 5 heteroatoms. The minimum atomic E-state index is 0.0968. The molecular formula is C24H29NO4. The van der Waals surface area contributed by atoms with Gasteiger partial charge in [-0.15, -0.1) is 0 Å². The lowest BCUT2D eigenvalue weighted by molar-refractivity contribution is -0.131. The van der Waals surface area contributed by atoms with Crippen LogP contribution in [-0.4, -0.2) is 36.1 Å². The van der Waals surface area contributed by atoms with Crippen LogP contribution in [0.4, 0.5) is 0 Å². The highest BCUT2D eigenvalue weighted by molar-refractivity contribution is 5.84. The predicted octanol–water partition coefficient (Wildman–Crippen LogP) is 5.40. The van der Waals surface area contributed by atoms with Gasteiger partial charge in [0.2, 0.25) is 5.91 Å². The minimum absolute atomic E-state index is 0.0968. The number of ether oxygens (including phenoxy) is 1. The number of hydrogen-bond acceptors (Lipinski definition) is 4. The van der Waals surface area contributed by atoms with E-state index in [-0.39, 0.29) is 11.7 Å². The molecule has 1 heterocycles. The van der Waals surface area contributed by atoms with E-state index in [9.17, 15) is 9.90 Å². The Labute approximate surface area is 171 Å². The van der Waals surface area contributed by atoms with E-state index in [2.05, 4.69) is 19.9 Å². The standard InChI is InChI=1S/C24H29NO4/c1-4-12-25(13-5-2)24(27)11-7-17-6-10-21-19(14-17)16-22(29-21)18-8-9-20(26)23(15-18)28-3/h6,8-10,14-16,26H,4-5,7,11-13H2,1-3H3. The van der Waals surface area contributed by atoms with Crippen LogP contribution in [0.25, 0.3) is 22.3 Å². The number of aromatic hydroxyl groups is 1. The number of carbonyl (C=O) groups excluding carboxylic acids is 1. The monoisotopic (exact) mass is 395 g/mol. The first-order valence-electron chi connectivity index (χ1n) is 10.2. The van der Waals surface area contributed by atoms with Crippen LogP contribution >= 0.6 is 0 Å². The van der Waals surface area contributed by atoms with Crippen molar-refractivity contribution in [1.82, 2.24) is 4.90 Å². The Bertz CT molecular complexity index is 970. The number of benzene rings is 2. The van der Waals surface area contributed by atoms with Crippen molar-refractivity contribution in [1.29, 1.82) is 0 Å². The summed E-state index contributed by atoms with van der Waals surface area (Å²) in [5.74, 6) is 1.44. The first-order chi connectivity index (χ1) is 14.0. The number of amides is 1. The predicted molar refractivity (Wildman–Crippen MR) is 115 cm³/mol. The summed E-state index contributed by atoms with van der Waals surface area (Å²) < 4.78 is 11.1. The van der Waals surface area contributed by atoms with Crippen LogP contribution in [0, 0.1) is 0 Å². The van der Waals surface area contributed by atoms with E-state index in [0.717, 1.165) is 48.0 Å². The Hall–Kier alpha value is -2.95. The topological polar surface area (TPSA) is 62.9 Å². The fourth-order valence-electron chi connectivity index (χ4n) is 3.53. The molecule has 2 aromatic carbocycles. The number of aryl methyl sites for hydroxylation is 1. The molecule has 0 aliphatic heterocycles. The van der Waals surface area contributed by atoms with E-state index in [1.54, 1.807) is 18.2 Å². The molecule has 5 nitrogen and oxygen atoms in total. The molecule has 1 aromatic heterocycles. The van der Waals surface area contributed by atoms with Crippen molar-refractivity contribution in [2.75, 3.05) is 20.2 Å². The summed E-state index contributed by atoms with van der Waals surface area (Å²) >= 11 is 0. The Morgan fingerprint density at radius 1 is 1.07 bits per heavy atom. The zero-order valence-electron chi connectivity index (χ0n) is 17.4. The molecule has 0 radical (unpaired) electrons. The molecule has 0 atom stereocenters. The van der Waals surface area contributed by atoms with Crippen molar-refractivity contribution >= 4 is 16.9 Å². The largest absolute Gasteiger partial charge is 0.504 e. The van der Waals surface area contributed by atoms with Gasteiger partial charge < -0.3 is 19.2 Å². The highest BCUT2D eigenvalue weighted by Crippen LogP contribution is 2.34. The molecule has 0 saturated heterocycles. The van der Waals surface area contributed by atoms with Crippen molar-refractivity contribution in [2.45, 2.75) is 39.5 Å². The maximum absolute atomic E-state index is 12.5. The van der Waals surface area contributed by atoms with Gasteiger partial charge in [-0.25, -0.2) is 0 Å². The van der Waals surface area contributed by atoms with E-state index >= 15 is 0 Å². The highest BCUT2D eigenvalue weighted by Gasteiger charge is 2.13. The summed E-state index contributed by atoms with van der Waals surface area (Å²) in [4.78, 5) is 14.5. The van der Waals surface area contributed by atoms with Gasteiger partial charge in [0, 0.05) is 30.5 Å². The van der Waals surface area contributed by atoms with E-state index in [1.807, 2.05) is 23.1 Å². The Morgan fingerprint density at radius 2 is 1.83 bits per heavy atom. The van der Waals surface area contributed by atoms with Gasteiger partial charge in [-0.05, 0) is 61.2 Å². The number of phenolic OH excluding ortho intramolecular Hbond substituents is 1. The number of methoxy groups -OCH3 is 1. The maximum Gasteiger partial charge on any atom is 0.222 e. The molecule has 0 fully saturated rings. The molecule has 1 amide bonds. The van der Waals surface area contributed by atoms with Crippen molar-refractivity contribution in [3.63, 3.8) is 0 Å². The molecule has 0 aliphatic carbocycles. The smallest absolute Gasteiger partial charge is 0.222 e. The van der Waals surface area contributed by atoms with E-state index in [1.165, 1.54) is 7.11 Å². The van der Waals surface area contributed by atoms with Crippen LogP contribution in [0.15, 0.2) is 46.9 Å². The van der Waals surface area contributed by atoms with Gasteiger partial charge in [0.25, 0.3) is 0 Å². The molecule has 154 valence electrons. The van der Waals surface area contributed by atoms with Crippen molar-refractivity contribution < 1.29 is 19.1 Å². The van der Waals surface area contributed by atoms with Gasteiger partial charge in [0.1, 0.15) is 11.3 Å². The van der Waals surface area contributed by atoms with Gasteiger partial charge in [-0.3, -0.25) is 4.79 Å². The lowest BCUT2D eigenvalue weighted by atomic mass is 10.1. The van der Waals surface area contributed by atoms with Gasteiger partial charge in [0.15, 0.2) is 11.5 Å². The zero-order valence-corrected chi connectivity index (χ0v) is 17.4. The van der Waals surface area contributed by atoms with Crippen molar-refractivity contribution in [2.24, 2.45) is 0 Å². The first kappa shape index (κ1) is 20.8. The zero-order chi connectivity index (χ0) is 20.8. The van der Waals surface area contributed by atoms with Crippen molar-refractivity contribution in [3.05, 3.63) is 48.0 Å². The van der Waals surface area contributed by atoms with Crippen LogP contribution in [0.3, 0.4) is 0 Å². The number of carbonyl (C=O) groups is 1. The van der Waals surface area contributed by atoms with Crippen molar-refractivity contribution in [3.8, 4) is 22.8 Å². The molecule has 3 aromatic rings. The fraction of sp³-hybridized carbons (Fsp3) is 0.375. The van der Waals surface area contributed by atoms with E-state index in [4.69, 9.17) is 9.15 Å². The molecule has 29 heavy (non-hydrogen) atoms. The van der Waals surface area contributed by atoms with Gasteiger partial charge in [-0.1, -0.05) is 19.9 Å². The summed E-state index contributed by atoms with van der Waals surface area (Å²) in [6.07, 6.45) is 3.20. The lowest BCUT2D eigenvalue weighted by Gasteiger charge is -2.21. The third kappa shape index (κ3) is 4.91. The molecule has 0 aliphatic rings. The second kappa shape index (κ2) is 9.50. The van der Waals surface area contributed by atoms with Gasteiger partial charge >= 0.3 is 0 Å². The van der Waals surface area contributed by atoms with Crippen LogP contribution < -0.4 is 4.74 Å². The van der Waals surface area contributed by atoms with Crippen LogP contribution in [0.2, 0.25) is 0 Å². The number of nitrogens with zero attached hydrogens (tertiary/aromatic N) is 1. The maximum atomic E-state index is 12.5. The second-order valence-electron chi connectivity index (χ2n) is 7.25. The number of furan rings is 1. The average molecular weight is 395 g/mol. The van der Waals surface area contributed by atoms with Crippen LogP contribution in [-0.2, 0) is 11.2 Å². The average Bonchev–Trinajstić information content (AvgIpc) is 3.15. The number of phenols is 1. The third-order valence-electron chi connectivity index (χ3n) is 5.01. The Balaban J connectivity index is 1.75.